The Morgan fingerprint density at radius 2 is 1.75 bits per heavy atom. The Hall–Kier alpha value is -3.11. The van der Waals surface area contributed by atoms with E-state index in [1.165, 1.54) is 37.9 Å². The third kappa shape index (κ3) is 9.23. The number of nitrogens with one attached hydrogen (secondary N) is 2. The molecule has 222 valence electrons. The fraction of sp³-hybridized carbons (Fsp3) is 0.586. The summed E-state index contributed by atoms with van der Waals surface area (Å²) in [5, 5.41) is 25.5. The Morgan fingerprint density at radius 1 is 1.10 bits per heavy atom. The Labute approximate surface area is 241 Å². The first-order chi connectivity index (χ1) is 18.6. The zero-order valence-electron chi connectivity index (χ0n) is 24.2. The molecular formula is C29H42ClN3O7. The summed E-state index contributed by atoms with van der Waals surface area (Å²) in [6.07, 6.45) is 1.20. The molecule has 7 atom stereocenters. The fourth-order valence-electron chi connectivity index (χ4n) is 4.85. The number of aromatic hydroxyl groups is 1. The number of cyclic esters (lactones) is 1. The summed E-state index contributed by atoms with van der Waals surface area (Å²) in [4.78, 5) is 54.1. The number of aliphatic hydroxyl groups excluding tert-OH is 1. The number of carbonyl (C=O) groups excluding carboxylic acids is 4. The van der Waals surface area contributed by atoms with Crippen LogP contribution in [0.5, 0.6) is 5.75 Å². The van der Waals surface area contributed by atoms with Crippen molar-refractivity contribution in [3.8, 4) is 5.75 Å². The van der Waals surface area contributed by atoms with Gasteiger partial charge in [0.05, 0.1) is 17.2 Å². The molecule has 2 rings (SSSR count). The maximum absolute atomic E-state index is 13.6. The highest BCUT2D eigenvalue weighted by molar-refractivity contribution is 6.32. The number of benzene rings is 1. The Kier molecular flexibility index (Phi) is 12.0. The number of esters is 1. The van der Waals surface area contributed by atoms with E-state index in [9.17, 15) is 29.4 Å². The molecule has 3 amide bonds. The normalized spacial score (nSPS) is 28.9. The summed E-state index contributed by atoms with van der Waals surface area (Å²) in [6, 6.07) is 0.926. The number of allylic oxidation sites excluding steroid dienone is 2. The summed E-state index contributed by atoms with van der Waals surface area (Å²) in [5.41, 5.74) is 1.53. The van der Waals surface area contributed by atoms with E-state index in [1.807, 2.05) is 19.9 Å². The number of rotatable bonds is 3. The zero-order valence-corrected chi connectivity index (χ0v) is 25.0. The van der Waals surface area contributed by atoms with Gasteiger partial charge in [-0.2, -0.15) is 0 Å². The standard InChI is InChI=1S/C29H42ClN3O7/c1-15-10-16(2)12-18(4)40-29(39)25(20(6)34)32-27(37)23(14-21-8-9-24(35)22(30)13-21)33(7)28(38)19(5)31-26(36)17(3)11-15/h8-10,13,16-20,23,25,34-35H,11-12,14H2,1-7H3,(H,31,36)(H,32,37). The third-order valence-electron chi connectivity index (χ3n) is 6.99. The molecule has 7 unspecified atom stereocenters. The van der Waals surface area contributed by atoms with Crippen LogP contribution in [0.2, 0.25) is 5.02 Å². The van der Waals surface area contributed by atoms with Gasteiger partial charge in [-0.05, 0) is 64.2 Å². The first kappa shape index (κ1) is 33.1. The number of carbonyl (C=O) groups is 4. The van der Waals surface area contributed by atoms with Gasteiger partial charge >= 0.3 is 5.97 Å². The number of phenols is 1. The molecule has 1 aliphatic rings. The Balaban J connectivity index is 2.48. The molecule has 0 aromatic heterocycles. The molecule has 1 heterocycles. The maximum atomic E-state index is 13.6. The number of hydrogen-bond donors (Lipinski definition) is 4. The Bertz CT molecular complexity index is 1120. The highest BCUT2D eigenvalue weighted by Crippen LogP contribution is 2.25. The van der Waals surface area contributed by atoms with Crippen LogP contribution in [0.25, 0.3) is 0 Å². The first-order valence-electron chi connectivity index (χ1n) is 13.5. The van der Waals surface area contributed by atoms with Gasteiger partial charge in [-0.3, -0.25) is 14.4 Å². The summed E-state index contributed by atoms with van der Waals surface area (Å²) in [6.45, 7) is 10.3. The number of likely N-dealkylation sites (N-methyl/N-ethyl adjacent to an activating group) is 1. The topological polar surface area (TPSA) is 145 Å². The van der Waals surface area contributed by atoms with E-state index < -0.39 is 54.0 Å². The Morgan fingerprint density at radius 3 is 2.35 bits per heavy atom. The van der Waals surface area contributed by atoms with Crippen LogP contribution in [-0.4, -0.2) is 76.2 Å². The molecule has 40 heavy (non-hydrogen) atoms. The average molecular weight is 580 g/mol. The van der Waals surface area contributed by atoms with Gasteiger partial charge in [0.1, 0.15) is 17.8 Å². The number of phenolic OH excluding ortho intramolecular Hbond substituents is 1. The molecule has 1 aromatic carbocycles. The van der Waals surface area contributed by atoms with E-state index in [2.05, 4.69) is 10.6 Å². The molecule has 1 aliphatic heterocycles. The van der Waals surface area contributed by atoms with Crippen LogP contribution >= 0.6 is 11.6 Å². The minimum atomic E-state index is -1.38. The molecule has 0 saturated carbocycles. The van der Waals surface area contributed by atoms with Crippen molar-refractivity contribution in [1.82, 2.24) is 15.5 Å². The van der Waals surface area contributed by atoms with Crippen LogP contribution in [0.1, 0.15) is 59.9 Å². The summed E-state index contributed by atoms with van der Waals surface area (Å²) < 4.78 is 5.58. The molecule has 11 heteroatoms. The largest absolute Gasteiger partial charge is 0.506 e. The van der Waals surface area contributed by atoms with Crippen LogP contribution in [0, 0.1) is 11.8 Å². The molecule has 0 aliphatic carbocycles. The lowest BCUT2D eigenvalue weighted by molar-refractivity contribution is -0.156. The molecule has 10 nitrogen and oxygen atoms in total. The minimum Gasteiger partial charge on any atom is -0.506 e. The van der Waals surface area contributed by atoms with E-state index in [0.29, 0.717) is 18.4 Å². The van der Waals surface area contributed by atoms with E-state index in [0.717, 1.165) is 5.57 Å². The first-order valence-corrected chi connectivity index (χ1v) is 13.9. The van der Waals surface area contributed by atoms with Crippen molar-refractivity contribution in [1.29, 1.82) is 0 Å². The molecule has 0 radical (unpaired) electrons. The van der Waals surface area contributed by atoms with Crippen molar-refractivity contribution in [3.63, 3.8) is 0 Å². The summed E-state index contributed by atoms with van der Waals surface area (Å²) in [5.74, 6) is -2.83. The fourth-order valence-corrected chi connectivity index (χ4v) is 5.05. The highest BCUT2D eigenvalue weighted by atomic mass is 35.5. The second-order valence-corrected chi connectivity index (χ2v) is 11.4. The second-order valence-electron chi connectivity index (χ2n) is 11.0. The SMILES string of the molecule is CC1=CC(C)CC(C)OC(=O)C(C(C)O)NC(=O)C(Cc2ccc(O)c(Cl)c2)N(C)C(=O)C(C)NC(=O)C(C)C1. The van der Waals surface area contributed by atoms with Gasteiger partial charge in [0, 0.05) is 19.4 Å². The number of halogens is 1. The predicted octanol–water partition coefficient (Wildman–Crippen LogP) is 2.73. The predicted molar refractivity (Wildman–Crippen MR) is 151 cm³/mol. The van der Waals surface area contributed by atoms with Crippen molar-refractivity contribution in [2.45, 2.75) is 91.1 Å². The van der Waals surface area contributed by atoms with Crippen LogP contribution in [0.3, 0.4) is 0 Å². The maximum Gasteiger partial charge on any atom is 0.331 e. The number of aliphatic hydroxyl groups is 1. The quantitative estimate of drug-likeness (QED) is 0.318. The summed E-state index contributed by atoms with van der Waals surface area (Å²) >= 11 is 6.06. The van der Waals surface area contributed by atoms with Gasteiger partial charge in [0.2, 0.25) is 17.7 Å². The van der Waals surface area contributed by atoms with Gasteiger partial charge in [0.15, 0.2) is 6.04 Å². The van der Waals surface area contributed by atoms with E-state index in [-0.39, 0.29) is 29.0 Å². The number of amides is 3. The van der Waals surface area contributed by atoms with Gasteiger partial charge < -0.3 is 30.5 Å². The molecule has 0 fully saturated rings. The minimum absolute atomic E-state index is 0.0232. The van der Waals surface area contributed by atoms with Crippen molar-refractivity contribution in [3.05, 3.63) is 40.4 Å². The number of hydrogen-bond acceptors (Lipinski definition) is 7. The average Bonchev–Trinajstić information content (AvgIpc) is 2.85. The highest BCUT2D eigenvalue weighted by Gasteiger charge is 2.35. The molecule has 0 bridgehead atoms. The molecular weight excluding hydrogens is 538 g/mol. The number of ether oxygens (including phenoxy) is 1. The molecule has 4 N–H and O–H groups in total. The van der Waals surface area contributed by atoms with Gasteiger partial charge in [-0.25, -0.2) is 4.79 Å². The van der Waals surface area contributed by atoms with Crippen LogP contribution in [0.15, 0.2) is 29.8 Å². The lowest BCUT2D eigenvalue weighted by Gasteiger charge is -2.32. The van der Waals surface area contributed by atoms with Crippen LogP contribution < -0.4 is 10.6 Å². The van der Waals surface area contributed by atoms with Gasteiger partial charge in [0.25, 0.3) is 0 Å². The second kappa shape index (κ2) is 14.5. The molecule has 1 aromatic rings. The summed E-state index contributed by atoms with van der Waals surface area (Å²) in [7, 11) is 1.42. The molecule has 0 saturated heterocycles. The lowest BCUT2D eigenvalue weighted by atomic mass is 9.95. The van der Waals surface area contributed by atoms with Crippen LogP contribution in [-0.2, 0) is 30.3 Å². The monoisotopic (exact) mass is 579 g/mol. The van der Waals surface area contributed by atoms with E-state index >= 15 is 0 Å². The lowest BCUT2D eigenvalue weighted by Crippen LogP contribution is -2.58. The van der Waals surface area contributed by atoms with E-state index in [1.54, 1.807) is 19.9 Å². The number of nitrogens with zero attached hydrogens (tertiary/aromatic N) is 1. The van der Waals surface area contributed by atoms with Crippen molar-refractivity contribution < 1.29 is 34.1 Å². The third-order valence-corrected chi connectivity index (χ3v) is 7.29. The molecule has 0 spiro atoms. The smallest absolute Gasteiger partial charge is 0.331 e. The van der Waals surface area contributed by atoms with E-state index in [4.69, 9.17) is 16.3 Å². The van der Waals surface area contributed by atoms with Crippen molar-refractivity contribution >= 4 is 35.3 Å². The van der Waals surface area contributed by atoms with Gasteiger partial charge in [-0.1, -0.05) is 43.2 Å². The van der Waals surface area contributed by atoms with Crippen LogP contribution in [0.4, 0.5) is 0 Å². The zero-order chi connectivity index (χ0) is 30.3. The van der Waals surface area contributed by atoms with Crippen molar-refractivity contribution in [2.24, 2.45) is 11.8 Å². The van der Waals surface area contributed by atoms with Crippen molar-refractivity contribution in [2.75, 3.05) is 7.05 Å². The van der Waals surface area contributed by atoms with Gasteiger partial charge in [-0.15, -0.1) is 0 Å².